The zero-order valence-corrected chi connectivity index (χ0v) is 13.9. The molecule has 0 aliphatic carbocycles. The Kier molecular flexibility index (Phi) is 6.49. The number of ether oxygens (including phenoxy) is 2. The van der Waals surface area contributed by atoms with E-state index in [0.717, 1.165) is 0 Å². The molecule has 0 bridgehead atoms. The zero-order valence-electron chi connectivity index (χ0n) is 13.2. The normalized spacial score (nSPS) is 10.8. The molecule has 0 radical (unpaired) electrons. The Balaban J connectivity index is 2.44. The van der Waals surface area contributed by atoms with E-state index in [0.29, 0.717) is 16.3 Å². The number of alkyl carbamates (subject to hydrolysis) is 1. The molecule has 22 heavy (non-hydrogen) atoms. The average molecular weight is 329 g/mol. The fraction of sp³-hybridized carbons (Fsp3) is 0.467. The maximum absolute atomic E-state index is 12.1. The van der Waals surface area contributed by atoms with E-state index in [2.05, 4.69) is 10.6 Å². The van der Waals surface area contributed by atoms with Crippen LogP contribution in [-0.2, 0) is 4.74 Å². The van der Waals surface area contributed by atoms with Crippen LogP contribution >= 0.6 is 11.6 Å². The summed E-state index contributed by atoms with van der Waals surface area (Å²) in [6.45, 7) is 5.84. The number of amides is 2. The van der Waals surface area contributed by atoms with Crippen LogP contribution in [-0.4, -0.2) is 37.8 Å². The van der Waals surface area contributed by atoms with E-state index in [9.17, 15) is 9.59 Å². The SMILES string of the molecule is COc1ccc(Cl)cc1C(=O)NCCNC(=O)OC(C)(C)C. The van der Waals surface area contributed by atoms with Gasteiger partial charge in [-0.2, -0.15) is 0 Å². The van der Waals surface area contributed by atoms with Crippen LogP contribution in [0.3, 0.4) is 0 Å². The number of carbonyl (C=O) groups excluding carboxylic acids is 2. The molecule has 0 spiro atoms. The van der Waals surface area contributed by atoms with Crippen LogP contribution < -0.4 is 15.4 Å². The summed E-state index contributed by atoms with van der Waals surface area (Å²) in [4.78, 5) is 23.5. The molecule has 0 saturated heterocycles. The highest BCUT2D eigenvalue weighted by Crippen LogP contribution is 2.22. The second kappa shape index (κ2) is 7.89. The minimum absolute atomic E-state index is 0.254. The molecule has 0 atom stereocenters. The van der Waals surface area contributed by atoms with Gasteiger partial charge in [0.15, 0.2) is 0 Å². The van der Waals surface area contributed by atoms with Gasteiger partial charge in [0.1, 0.15) is 11.4 Å². The van der Waals surface area contributed by atoms with Crippen molar-refractivity contribution in [2.75, 3.05) is 20.2 Å². The number of hydrogen-bond acceptors (Lipinski definition) is 4. The van der Waals surface area contributed by atoms with Gasteiger partial charge in [-0.15, -0.1) is 0 Å². The summed E-state index contributed by atoms with van der Waals surface area (Å²) in [5.74, 6) is 0.104. The van der Waals surface area contributed by atoms with Crippen LogP contribution in [0.25, 0.3) is 0 Å². The topological polar surface area (TPSA) is 76.7 Å². The summed E-state index contributed by atoms with van der Waals surface area (Å²) < 4.78 is 10.2. The first-order valence-electron chi connectivity index (χ1n) is 6.81. The van der Waals surface area contributed by atoms with Gasteiger partial charge < -0.3 is 20.1 Å². The van der Waals surface area contributed by atoms with Crippen molar-refractivity contribution in [2.45, 2.75) is 26.4 Å². The molecule has 1 aromatic carbocycles. The van der Waals surface area contributed by atoms with Crippen LogP contribution in [0.1, 0.15) is 31.1 Å². The molecule has 0 saturated carbocycles. The lowest BCUT2D eigenvalue weighted by atomic mass is 10.2. The quantitative estimate of drug-likeness (QED) is 0.815. The van der Waals surface area contributed by atoms with E-state index < -0.39 is 11.7 Å². The van der Waals surface area contributed by atoms with Crippen LogP contribution in [0.5, 0.6) is 5.75 Å². The highest BCUT2D eigenvalue weighted by molar-refractivity contribution is 6.31. The Morgan fingerprint density at radius 1 is 1.18 bits per heavy atom. The minimum atomic E-state index is -0.554. The first kappa shape index (κ1) is 18.1. The smallest absolute Gasteiger partial charge is 0.407 e. The molecule has 2 amide bonds. The molecule has 1 aromatic rings. The molecular weight excluding hydrogens is 308 g/mol. The van der Waals surface area contributed by atoms with Gasteiger partial charge in [-0.25, -0.2) is 4.79 Å². The largest absolute Gasteiger partial charge is 0.496 e. The third-order valence-electron chi connectivity index (χ3n) is 2.48. The van der Waals surface area contributed by atoms with Crippen molar-refractivity contribution < 1.29 is 19.1 Å². The number of methoxy groups -OCH3 is 1. The van der Waals surface area contributed by atoms with E-state index in [1.54, 1.807) is 32.9 Å². The predicted molar refractivity (Wildman–Crippen MR) is 84.6 cm³/mol. The van der Waals surface area contributed by atoms with Gasteiger partial charge >= 0.3 is 6.09 Å². The fourth-order valence-electron chi connectivity index (χ4n) is 1.61. The highest BCUT2D eigenvalue weighted by atomic mass is 35.5. The van der Waals surface area contributed by atoms with E-state index in [-0.39, 0.29) is 19.0 Å². The van der Waals surface area contributed by atoms with Crippen molar-refractivity contribution in [1.82, 2.24) is 10.6 Å². The second-order valence-electron chi connectivity index (χ2n) is 5.53. The van der Waals surface area contributed by atoms with Crippen molar-refractivity contribution in [1.29, 1.82) is 0 Å². The Morgan fingerprint density at radius 3 is 2.41 bits per heavy atom. The Morgan fingerprint density at radius 2 is 1.82 bits per heavy atom. The molecule has 6 nitrogen and oxygen atoms in total. The molecular formula is C15H21ClN2O4. The Hall–Kier alpha value is -1.95. The van der Waals surface area contributed by atoms with Crippen LogP contribution in [0.15, 0.2) is 18.2 Å². The predicted octanol–water partition coefficient (Wildman–Crippen LogP) is 2.60. The van der Waals surface area contributed by atoms with Crippen molar-refractivity contribution >= 4 is 23.6 Å². The molecule has 0 aromatic heterocycles. The van der Waals surface area contributed by atoms with Gasteiger partial charge in [0, 0.05) is 18.1 Å². The van der Waals surface area contributed by atoms with E-state index >= 15 is 0 Å². The molecule has 1 rings (SSSR count). The van der Waals surface area contributed by atoms with Crippen molar-refractivity contribution in [2.24, 2.45) is 0 Å². The van der Waals surface area contributed by atoms with Gasteiger partial charge in [0.25, 0.3) is 5.91 Å². The Bertz CT molecular complexity index is 541. The summed E-state index contributed by atoms with van der Waals surface area (Å²) in [5, 5.41) is 5.67. The summed E-state index contributed by atoms with van der Waals surface area (Å²) in [6.07, 6.45) is -0.526. The Labute approximate surface area is 135 Å². The van der Waals surface area contributed by atoms with E-state index in [1.807, 2.05) is 0 Å². The van der Waals surface area contributed by atoms with Crippen LogP contribution in [0.2, 0.25) is 5.02 Å². The molecule has 2 N–H and O–H groups in total. The number of nitrogens with one attached hydrogen (secondary N) is 2. The maximum atomic E-state index is 12.1. The van der Waals surface area contributed by atoms with Gasteiger partial charge in [-0.1, -0.05) is 11.6 Å². The second-order valence-corrected chi connectivity index (χ2v) is 5.97. The first-order valence-corrected chi connectivity index (χ1v) is 7.19. The number of carbonyl (C=O) groups is 2. The van der Waals surface area contributed by atoms with E-state index in [1.165, 1.54) is 13.2 Å². The van der Waals surface area contributed by atoms with Crippen molar-refractivity contribution in [3.8, 4) is 5.75 Å². The lowest BCUT2D eigenvalue weighted by Gasteiger charge is -2.19. The summed E-state index contributed by atoms with van der Waals surface area (Å²) in [5.41, 5.74) is -0.214. The van der Waals surface area contributed by atoms with Crippen molar-refractivity contribution in [3.63, 3.8) is 0 Å². The van der Waals surface area contributed by atoms with E-state index in [4.69, 9.17) is 21.1 Å². The standard InChI is InChI=1S/C15H21ClN2O4/c1-15(2,3)22-14(20)18-8-7-17-13(19)11-9-10(16)5-6-12(11)21-4/h5-6,9H,7-8H2,1-4H3,(H,17,19)(H,18,20). The molecule has 122 valence electrons. The van der Waals surface area contributed by atoms with Gasteiger partial charge in [-0.05, 0) is 39.0 Å². The summed E-state index contributed by atoms with van der Waals surface area (Å²) in [7, 11) is 1.48. The molecule has 0 fully saturated rings. The van der Waals surface area contributed by atoms with Crippen molar-refractivity contribution in [3.05, 3.63) is 28.8 Å². The third-order valence-corrected chi connectivity index (χ3v) is 2.72. The number of hydrogen-bond donors (Lipinski definition) is 2. The molecule has 0 aliphatic heterocycles. The number of rotatable bonds is 5. The molecule has 0 aliphatic rings. The number of halogens is 1. The van der Waals surface area contributed by atoms with Gasteiger partial charge in [-0.3, -0.25) is 4.79 Å². The van der Waals surface area contributed by atoms with Crippen LogP contribution in [0, 0.1) is 0 Å². The van der Waals surface area contributed by atoms with Crippen LogP contribution in [0.4, 0.5) is 4.79 Å². The summed E-state index contributed by atoms with van der Waals surface area (Å²) >= 11 is 5.87. The zero-order chi connectivity index (χ0) is 16.8. The fourth-order valence-corrected chi connectivity index (χ4v) is 1.78. The van der Waals surface area contributed by atoms with Gasteiger partial charge in [0.05, 0.1) is 12.7 Å². The minimum Gasteiger partial charge on any atom is -0.496 e. The third kappa shape index (κ3) is 6.22. The lowest BCUT2D eigenvalue weighted by Crippen LogP contribution is -2.37. The molecule has 0 unspecified atom stereocenters. The molecule has 7 heteroatoms. The average Bonchev–Trinajstić information content (AvgIpc) is 2.41. The first-order chi connectivity index (χ1) is 10.2. The monoisotopic (exact) mass is 328 g/mol. The molecule has 0 heterocycles. The van der Waals surface area contributed by atoms with Gasteiger partial charge in [0.2, 0.25) is 0 Å². The lowest BCUT2D eigenvalue weighted by molar-refractivity contribution is 0.0526. The maximum Gasteiger partial charge on any atom is 0.407 e. The highest BCUT2D eigenvalue weighted by Gasteiger charge is 2.16. The number of benzene rings is 1. The summed E-state index contributed by atoms with van der Waals surface area (Å²) in [6, 6.07) is 4.79.